The maximum atomic E-state index is 12.5. The highest BCUT2D eigenvalue weighted by Crippen LogP contribution is 2.32. The Kier molecular flexibility index (Phi) is 3.26. The molecule has 1 amide bonds. The molecule has 1 aliphatic rings. The number of aromatic nitrogens is 1. The Morgan fingerprint density at radius 2 is 2.15 bits per heavy atom. The Labute approximate surface area is 119 Å². The van der Waals surface area contributed by atoms with Crippen molar-refractivity contribution in [2.45, 2.75) is 26.7 Å². The molecule has 102 valence electrons. The van der Waals surface area contributed by atoms with Gasteiger partial charge >= 0.3 is 0 Å². The van der Waals surface area contributed by atoms with Crippen molar-refractivity contribution in [3.63, 3.8) is 0 Å². The summed E-state index contributed by atoms with van der Waals surface area (Å²) in [5.41, 5.74) is 5.72. The molecule has 2 aromatic rings. The first-order valence-electron chi connectivity index (χ1n) is 6.95. The average molecular weight is 266 g/mol. The molecule has 0 fully saturated rings. The van der Waals surface area contributed by atoms with Crippen LogP contribution in [0.25, 0.3) is 0 Å². The van der Waals surface area contributed by atoms with E-state index in [4.69, 9.17) is 0 Å². The maximum Gasteiger partial charge on any atom is 0.233 e. The van der Waals surface area contributed by atoms with Gasteiger partial charge in [0, 0.05) is 24.1 Å². The summed E-state index contributed by atoms with van der Waals surface area (Å²) >= 11 is 0. The van der Waals surface area contributed by atoms with Crippen LogP contribution in [0.3, 0.4) is 0 Å². The van der Waals surface area contributed by atoms with Crippen molar-refractivity contribution in [3.8, 4) is 0 Å². The second-order valence-electron chi connectivity index (χ2n) is 5.37. The molecule has 0 atom stereocenters. The first kappa shape index (κ1) is 12.9. The molecule has 1 aromatic heterocycles. The summed E-state index contributed by atoms with van der Waals surface area (Å²) in [4.78, 5) is 18.6. The number of carbonyl (C=O) groups is 1. The molecule has 1 aliphatic heterocycles. The van der Waals surface area contributed by atoms with E-state index in [1.807, 2.05) is 23.1 Å². The van der Waals surface area contributed by atoms with Crippen LogP contribution in [-0.2, 0) is 17.6 Å². The molecule has 0 radical (unpaired) electrons. The second kappa shape index (κ2) is 5.08. The van der Waals surface area contributed by atoms with Crippen LogP contribution in [0.5, 0.6) is 0 Å². The van der Waals surface area contributed by atoms with Gasteiger partial charge in [0.05, 0.1) is 6.42 Å². The predicted molar refractivity (Wildman–Crippen MR) is 79.9 cm³/mol. The molecule has 20 heavy (non-hydrogen) atoms. The fourth-order valence-electron chi connectivity index (χ4n) is 2.90. The van der Waals surface area contributed by atoms with Crippen LogP contribution in [0.1, 0.15) is 22.4 Å². The van der Waals surface area contributed by atoms with Crippen molar-refractivity contribution in [1.82, 2.24) is 4.98 Å². The van der Waals surface area contributed by atoms with Crippen molar-refractivity contribution in [2.24, 2.45) is 0 Å². The van der Waals surface area contributed by atoms with Gasteiger partial charge in [-0.15, -0.1) is 0 Å². The van der Waals surface area contributed by atoms with Crippen molar-refractivity contribution in [1.29, 1.82) is 0 Å². The number of benzene rings is 1. The number of rotatable bonds is 2. The Morgan fingerprint density at radius 3 is 2.90 bits per heavy atom. The summed E-state index contributed by atoms with van der Waals surface area (Å²) in [7, 11) is 0. The summed E-state index contributed by atoms with van der Waals surface area (Å²) < 4.78 is 0. The first-order valence-corrected chi connectivity index (χ1v) is 6.95. The number of carbonyl (C=O) groups excluding carboxylic acids is 1. The van der Waals surface area contributed by atoms with Crippen molar-refractivity contribution in [2.75, 3.05) is 11.4 Å². The third kappa shape index (κ3) is 2.31. The van der Waals surface area contributed by atoms with Crippen LogP contribution in [-0.4, -0.2) is 17.4 Å². The SMILES string of the molecule is Cc1cc(C)c2c(c1)N(C(=O)Cc1ccccn1)CC2. The Morgan fingerprint density at radius 1 is 1.30 bits per heavy atom. The molecular formula is C17H18N2O. The lowest BCUT2D eigenvalue weighted by atomic mass is 10.0. The molecule has 2 heterocycles. The fraction of sp³-hybridized carbons (Fsp3) is 0.294. The van der Waals surface area contributed by atoms with Crippen molar-refractivity contribution < 1.29 is 4.79 Å². The van der Waals surface area contributed by atoms with Gasteiger partial charge in [-0.05, 0) is 55.2 Å². The van der Waals surface area contributed by atoms with Crippen LogP contribution < -0.4 is 4.90 Å². The normalized spacial score (nSPS) is 13.4. The van der Waals surface area contributed by atoms with E-state index in [0.717, 1.165) is 24.3 Å². The molecule has 0 saturated carbocycles. The largest absolute Gasteiger partial charge is 0.311 e. The first-order chi connectivity index (χ1) is 9.65. The molecule has 0 N–H and O–H groups in total. The molecule has 3 heteroatoms. The minimum atomic E-state index is 0.132. The highest BCUT2D eigenvalue weighted by molar-refractivity contribution is 5.96. The van der Waals surface area contributed by atoms with Crippen LogP contribution in [0.15, 0.2) is 36.5 Å². The standard InChI is InChI=1S/C17H18N2O/c1-12-9-13(2)15-6-8-19(16(15)10-12)17(20)11-14-5-3-4-7-18-14/h3-5,7,9-10H,6,8,11H2,1-2H3. The number of hydrogen-bond donors (Lipinski definition) is 0. The van der Waals surface area contributed by atoms with Crippen molar-refractivity contribution >= 4 is 11.6 Å². The number of pyridine rings is 1. The van der Waals surface area contributed by atoms with Gasteiger partial charge in [-0.1, -0.05) is 12.1 Å². The zero-order valence-corrected chi connectivity index (χ0v) is 11.9. The van der Waals surface area contributed by atoms with E-state index < -0.39 is 0 Å². The third-order valence-electron chi connectivity index (χ3n) is 3.83. The third-order valence-corrected chi connectivity index (χ3v) is 3.83. The Hall–Kier alpha value is -2.16. The van der Waals surface area contributed by atoms with Gasteiger partial charge in [0.25, 0.3) is 0 Å². The smallest absolute Gasteiger partial charge is 0.233 e. The number of anilines is 1. The lowest BCUT2D eigenvalue weighted by molar-refractivity contribution is -0.117. The number of nitrogens with zero attached hydrogens (tertiary/aromatic N) is 2. The van der Waals surface area contributed by atoms with Crippen LogP contribution in [0, 0.1) is 13.8 Å². The molecular weight excluding hydrogens is 248 g/mol. The maximum absolute atomic E-state index is 12.5. The zero-order chi connectivity index (χ0) is 14.1. The van der Waals surface area contributed by atoms with Gasteiger partial charge in [-0.2, -0.15) is 0 Å². The predicted octanol–water partition coefficient (Wildman–Crippen LogP) is 2.83. The molecule has 3 nitrogen and oxygen atoms in total. The number of hydrogen-bond acceptors (Lipinski definition) is 2. The number of fused-ring (bicyclic) bond motifs is 1. The van der Waals surface area contributed by atoms with E-state index in [2.05, 4.69) is 31.0 Å². The van der Waals surface area contributed by atoms with E-state index in [-0.39, 0.29) is 5.91 Å². The number of aryl methyl sites for hydroxylation is 2. The summed E-state index contributed by atoms with van der Waals surface area (Å²) in [6.45, 7) is 4.98. The van der Waals surface area contributed by atoms with E-state index in [9.17, 15) is 4.79 Å². The van der Waals surface area contributed by atoms with Gasteiger partial charge in [-0.25, -0.2) is 0 Å². The minimum Gasteiger partial charge on any atom is -0.311 e. The van der Waals surface area contributed by atoms with E-state index in [0.29, 0.717) is 6.42 Å². The molecule has 0 aliphatic carbocycles. The summed E-state index contributed by atoms with van der Waals surface area (Å²) in [6, 6.07) is 9.99. The monoisotopic (exact) mass is 266 g/mol. The minimum absolute atomic E-state index is 0.132. The quantitative estimate of drug-likeness (QED) is 0.837. The van der Waals surface area contributed by atoms with E-state index in [1.54, 1.807) is 6.20 Å². The Bertz CT molecular complexity index is 650. The van der Waals surface area contributed by atoms with Gasteiger partial charge in [0.15, 0.2) is 0 Å². The highest BCUT2D eigenvalue weighted by atomic mass is 16.2. The summed E-state index contributed by atoms with van der Waals surface area (Å²) in [6.07, 6.45) is 3.05. The zero-order valence-electron chi connectivity index (χ0n) is 11.9. The molecule has 0 unspecified atom stereocenters. The molecule has 3 rings (SSSR count). The van der Waals surface area contributed by atoms with Gasteiger partial charge in [0.1, 0.15) is 0 Å². The lowest BCUT2D eigenvalue weighted by Crippen LogP contribution is -2.30. The molecule has 1 aromatic carbocycles. The van der Waals surface area contributed by atoms with E-state index in [1.165, 1.54) is 16.7 Å². The topological polar surface area (TPSA) is 33.2 Å². The fourth-order valence-corrected chi connectivity index (χ4v) is 2.90. The van der Waals surface area contributed by atoms with E-state index >= 15 is 0 Å². The van der Waals surface area contributed by atoms with Crippen molar-refractivity contribution in [3.05, 3.63) is 58.9 Å². The highest BCUT2D eigenvalue weighted by Gasteiger charge is 2.26. The summed E-state index contributed by atoms with van der Waals surface area (Å²) in [5, 5.41) is 0. The van der Waals surface area contributed by atoms with Gasteiger partial charge < -0.3 is 4.90 Å². The molecule has 0 saturated heterocycles. The number of amides is 1. The molecule has 0 spiro atoms. The second-order valence-corrected chi connectivity index (χ2v) is 5.37. The van der Waals surface area contributed by atoms with Gasteiger partial charge in [-0.3, -0.25) is 9.78 Å². The average Bonchev–Trinajstić information content (AvgIpc) is 2.84. The lowest BCUT2D eigenvalue weighted by Gasteiger charge is -2.18. The van der Waals surface area contributed by atoms with Crippen LogP contribution in [0.2, 0.25) is 0 Å². The Balaban J connectivity index is 1.86. The van der Waals surface area contributed by atoms with Crippen LogP contribution >= 0.6 is 0 Å². The molecule has 0 bridgehead atoms. The van der Waals surface area contributed by atoms with Gasteiger partial charge in [0.2, 0.25) is 5.91 Å². The van der Waals surface area contributed by atoms with Crippen LogP contribution in [0.4, 0.5) is 5.69 Å². The summed E-state index contributed by atoms with van der Waals surface area (Å²) in [5.74, 6) is 0.132.